The first kappa shape index (κ1) is 19.5. The number of anilines is 1. The lowest BCUT2D eigenvalue weighted by atomic mass is 10.1. The summed E-state index contributed by atoms with van der Waals surface area (Å²) in [4.78, 5) is 22.7. The topological polar surface area (TPSA) is 125 Å². The molecule has 2 aromatic rings. The van der Waals surface area contributed by atoms with E-state index in [4.69, 9.17) is 4.74 Å². The number of methoxy groups -OCH3 is 1. The van der Waals surface area contributed by atoms with Gasteiger partial charge in [-0.15, -0.1) is 0 Å². The Morgan fingerprint density at radius 3 is 2.56 bits per heavy atom. The van der Waals surface area contributed by atoms with Crippen molar-refractivity contribution in [3.63, 3.8) is 0 Å². The molecule has 0 unspecified atom stereocenters. The average molecular weight is 367 g/mol. The first-order valence-electron chi connectivity index (χ1n) is 7.97. The first-order valence-corrected chi connectivity index (χ1v) is 7.97. The SMILES string of the molecule is CCc1ccc(NC(=O)/C(C#N)=C/c2cc([N+](=O)[O-])cc(OC)c2O)cc1. The van der Waals surface area contributed by atoms with Gasteiger partial charge in [0.2, 0.25) is 0 Å². The van der Waals surface area contributed by atoms with Gasteiger partial charge >= 0.3 is 0 Å². The maximum absolute atomic E-state index is 12.3. The van der Waals surface area contributed by atoms with Crippen LogP contribution in [0.15, 0.2) is 42.0 Å². The highest BCUT2D eigenvalue weighted by atomic mass is 16.6. The number of aryl methyl sites for hydroxylation is 1. The minimum Gasteiger partial charge on any atom is -0.504 e. The number of aromatic hydroxyl groups is 1. The molecule has 8 nitrogen and oxygen atoms in total. The quantitative estimate of drug-likeness (QED) is 0.349. The van der Waals surface area contributed by atoms with Gasteiger partial charge in [-0.1, -0.05) is 19.1 Å². The molecule has 0 saturated carbocycles. The highest BCUT2D eigenvalue weighted by molar-refractivity contribution is 6.09. The van der Waals surface area contributed by atoms with Crippen LogP contribution < -0.4 is 10.1 Å². The van der Waals surface area contributed by atoms with Gasteiger partial charge in [-0.25, -0.2) is 0 Å². The van der Waals surface area contributed by atoms with Crippen LogP contribution >= 0.6 is 0 Å². The summed E-state index contributed by atoms with van der Waals surface area (Å²) in [5.74, 6) is -1.24. The molecule has 0 aromatic heterocycles. The van der Waals surface area contributed by atoms with Gasteiger partial charge in [-0.05, 0) is 30.2 Å². The monoisotopic (exact) mass is 367 g/mol. The number of nitrogens with one attached hydrogen (secondary N) is 1. The van der Waals surface area contributed by atoms with Crippen molar-refractivity contribution in [3.05, 3.63) is 63.2 Å². The number of nitriles is 1. The van der Waals surface area contributed by atoms with E-state index in [0.29, 0.717) is 5.69 Å². The number of nitrogens with zero attached hydrogens (tertiary/aromatic N) is 2. The smallest absolute Gasteiger partial charge is 0.274 e. The first-order chi connectivity index (χ1) is 12.9. The highest BCUT2D eigenvalue weighted by Crippen LogP contribution is 2.35. The molecule has 2 rings (SSSR count). The van der Waals surface area contributed by atoms with E-state index in [2.05, 4.69) is 5.32 Å². The summed E-state index contributed by atoms with van der Waals surface area (Å²) in [6.07, 6.45) is 1.92. The molecule has 27 heavy (non-hydrogen) atoms. The van der Waals surface area contributed by atoms with Gasteiger partial charge < -0.3 is 15.2 Å². The van der Waals surface area contributed by atoms with Crippen LogP contribution in [0, 0.1) is 21.4 Å². The lowest BCUT2D eigenvalue weighted by Crippen LogP contribution is -2.13. The van der Waals surface area contributed by atoms with Crippen molar-refractivity contribution in [2.24, 2.45) is 0 Å². The van der Waals surface area contributed by atoms with Gasteiger partial charge in [0.25, 0.3) is 11.6 Å². The lowest BCUT2D eigenvalue weighted by molar-refractivity contribution is -0.385. The number of phenols is 1. The molecule has 0 bridgehead atoms. The molecule has 138 valence electrons. The number of carbonyl (C=O) groups excluding carboxylic acids is 1. The third-order valence-corrected chi connectivity index (χ3v) is 3.80. The Balaban J connectivity index is 2.36. The van der Waals surface area contributed by atoms with Crippen LogP contribution in [-0.4, -0.2) is 23.0 Å². The fraction of sp³-hybridized carbons (Fsp3) is 0.158. The number of rotatable bonds is 6. The van der Waals surface area contributed by atoms with Crippen LogP contribution in [0.3, 0.4) is 0 Å². The van der Waals surface area contributed by atoms with Gasteiger partial charge in [-0.2, -0.15) is 5.26 Å². The third kappa shape index (κ3) is 4.61. The molecule has 0 heterocycles. The van der Waals surface area contributed by atoms with Gasteiger partial charge in [0.1, 0.15) is 11.6 Å². The zero-order valence-electron chi connectivity index (χ0n) is 14.7. The number of carbonyl (C=O) groups is 1. The van der Waals surface area contributed by atoms with Gasteiger partial charge in [0.05, 0.1) is 18.1 Å². The van der Waals surface area contributed by atoms with Gasteiger partial charge in [0.15, 0.2) is 11.5 Å². The number of nitro groups is 1. The largest absolute Gasteiger partial charge is 0.504 e. The number of benzene rings is 2. The molecule has 2 aromatic carbocycles. The Labute approximate surface area is 155 Å². The van der Waals surface area contributed by atoms with Crippen LogP contribution in [0.5, 0.6) is 11.5 Å². The molecular weight excluding hydrogens is 350 g/mol. The Morgan fingerprint density at radius 1 is 1.37 bits per heavy atom. The molecule has 0 aliphatic rings. The van der Waals surface area contributed by atoms with E-state index in [1.807, 2.05) is 19.1 Å². The summed E-state index contributed by atoms with van der Waals surface area (Å²) in [6, 6.07) is 11.0. The summed E-state index contributed by atoms with van der Waals surface area (Å²) in [5.41, 5.74) is 0.849. The number of hydrogen-bond donors (Lipinski definition) is 2. The van der Waals surface area contributed by atoms with E-state index in [1.54, 1.807) is 18.2 Å². The molecule has 0 radical (unpaired) electrons. The van der Waals surface area contributed by atoms with E-state index in [9.17, 15) is 25.3 Å². The predicted molar refractivity (Wildman–Crippen MR) is 99.4 cm³/mol. The number of nitro benzene ring substituents is 1. The van der Waals surface area contributed by atoms with Crippen molar-refractivity contribution in [1.29, 1.82) is 5.26 Å². The summed E-state index contributed by atoms with van der Waals surface area (Å²) < 4.78 is 4.90. The standard InChI is InChI=1S/C19H17N3O5/c1-3-12-4-6-15(7-5-12)21-19(24)14(11-20)8-13-9-16(22(25)26)10-17(27-2)18(13)23/h4-10,23H,3H2,1-2H3,(H,21,24)/b14-8+. The van der Waals surface area contributed by atoms with Crippen LogP contribution in [0.2, 0.25) is 0 Å². The molecule has 0 aliphatic heterocycles. The summed E-state index contributed by atoms with van der Waals surface area (Å²) in [5, 5.41) is 33.0. The van der Waals surface area contributed by atoms with Crippen molar-refractivity contribution in [3.8, 4) is 17.6 Å². The maximum Gasteiger partial charge on any atom is 0.274 e. The van der Waals surface area contributed by atoms with E-state index >= 15 is 0 Å². The second-order valence-corrected chi connectivity index (χ2v) is 5.52. The molecule has 0 saturated heterocycles. The lowest BCUT2D eigenvalue weighted by Gasteiger charge is -2.08. The van der Waals surface area contributed by atoms with Crippen molar-refractivity contribution >= 4 is 23.4 Å². The number of non-ortho nitro benzene ring substituents is 1. The Morgan fingerprint density at radius 2 is 2.04 bits per heavy atom. The molecule has 0 atom stereocenters. The predicted octanol–water partition coefficient (Wildman–Crippen LogP) is 3.42. The van der Waals surface area contributed by atoms with Crippen LogP contribution in [0.25, 0.3) is 6.08 Å². The van der Waals surface area contributed by atoms with E-state index in [-0.39, 0.29) is 22.6 Å². The Bertz CT molecular complexity index is 943. The number of hydrogen-bond acceptors (Lipinski definition) is 6. The maximum atomic E-state index is 12.3. The third-order valence-electron chi connectivity index (χ3n) is 3.80. The van der Waals surface area contributed by atoms with Gasteiger partial charge in [-0.3, -0.25) is 14.9 Å². The molecule has 1 amide bonds. The minimum absolute atomic E-state index is 0.0749. The Kier molecular flexibility index (Phi) is 6.12. The average Bonchev–Trinajstić information content (AvgIpc) is 2.67. The molecule has 0 fully saturated rings. The summed E-state index contributed by atoms with van der Waals surface area (Å²) in [7, 11) is 1.24. The summed E-state index contributed by atoms with van der Waals surface area (Å²) >= 11 is 0. The number of phenolic OH excluding ortho intramolecular Hbond substituents is 1. The molecular formula is C19H17N3O5. The zero-order valence-corrected chi connectivity index (χ0v) is 14.7. The van der Waals surface area contributed by atoms with Crippen molar-refractivity contribution in [2.75, 3.05) is 12.4 Å². The zero-order chi connectivity index (χ0) is 20.0. The van der Waals surface area contributed by atoms with Crippen molar-refractivity contribution in [1.82, 2.24) is 0 Å². The van der Waals surface area contributed by atoms with Crippen LogP contribution in [0.4, 0.5) is 11.4 Å². The molecule has 2 N–H and O–H groups in total. The second-order valence-electron chi connectivity index (χ2n) is 5.52. The van der Waals surface area contributed by atoms with Crippen molar-refractivity contribution < 1.29 is 19.6 Å². The normalized spacial score (nSPS) is 10.8. The van der Waals surface area contributed by atoms with Crippen LogP contribution in [-0.2, 0) is 11.2 Å². The summed E-state index contributed by atoms with van der Waals surface area (Å²) in [6.45, 7) is 2.00. The fourth-order valence-electron chi connectivity index (χ4n) is 2.31. The molecule has 8 heteroatoms. The van der Waals surface area contributed by atoms with Crippen LogP contribution in [0.1, 0.15) is 18.1 Å². The molecule has 0 spiro atoms. The minimum atomic E-state index is -0.702. The fourth-order valence-corrected chi connectivity index (χ4v) is 2.31. The van der Waals surface area contributed by atoms with Crippen molar-refractivity contribution in [2.45, 2.75) is 13.3 Å². The number of ether oxygens (including phenoxy) is 1. The Hall–Kier alpha value is -3.86. The molecule has 0 aliphatic carbocycles. The van der Waals surface area contributed by atoms with E-state index in [1.165, 1.54) is 7.11 Å². The number of amides is 1. The second kappa shape index (κ2) is 8.49. The van der Waals surface area contributed by atoms with E-state index in [0.717, 1.165) is 30.2 Å². The van der Waals surface area contributed by atoms with E-state index < -0.39 is 16.6 Å². The van der Waals surface area contributed by atoms with Gasteiger partial charge in [0, 0.05) is 17.3 Å². The highest BCUT2D eigenvalue weighted by Gasteiger charge is 2.18.